The standard InChI is InChI=1S/C16H26N2O4/c1-17(6-7-18-8-10-21-11-9-18)15(20)13-12-14(19)22-16(13)4-2-3-5-16/h13H,2-12H2,1H3. The van der Waals surface area contributed by atoms with Crippen LogP contribution in [0.4, 0.5) is 0 Å². The van der Waals surface area contributed by atoms with Crippen molar-refractivity contribution in [2.24, 2.45) is 5.92 Å². The summed E-state index contributed by atoms with van der Waals surface area (Å²) >= 11 is 0. The number of esters is 1. The van der Waals surface area contributed by atoms with Crippen molar-refractivity contribution >= 4 is 11.9 Å². The molecule has 1 unspecified atom stereocenters. The lowest BCUT2D eigenvalue weighted by Crippen LogP contribution is -2.46. The molecule has 22 heavy (non-hydrogen) atoms. The van der Waals surface area contributed by atoms with Crippen molar-refractivity contribution in [3.63, 3.8) is 0 Å². The van der Waals surface area contributed by atoms with Gasteiger partial charge in [0.15, 0.2) is 0 Å². The molecule has 2 aliphatic heterocycles. The molecule has 2 saturated heterocycles. The minimum atomic E-state index is -0.499. The van der Waals surface area contributed by atoms with Crippen LogP contribution >= 0.6 is 0 Å². The molecule has 0 aromatic heterocycles. The lowest BCUT2D eigenvalue weighted by atomic mass is 9.84. The van der Waals surface area contributed by atoms with Crippen LogP contribution in [0.25, 0.3) is 0 Å². The summed E-state index contributed by atoms with van der Waals surface area (Å²) in [5, 5.41) is 0. The van der Waals surface area contributed by atoms with Crippen LogP contribution in [-0.2, 0) is 19.1 Å². The van der Waals surface area contributed by atoms with Crippen molar-refractivity contribution in [1.29, 1.82) is 0 Å². The fraction of sp³-hybridized carbons (Fsp3) is 0.875. The van der Waals surface area contributed by atoms with Crippen LogP contribution in [0.5, 0.6) is 0 Å². The summed E-state index contributed by atoms with van der Waals surface area (Å²) in [7, 11) is 1.84. The topological polar surface area (TPSA) is 59.1 Å². The minimum absolute atomic E-state index is 0.0704. The van der Waals surface area contributed by atoms with Gasteiger partial charge >= 0.3 is 5.97 Å². The zero-order valence-corrected chi connectivity index (χ0v) is 13.4. The molecular weight excluding hydrogens is 284 g/mol. The molecule has 0 radical (unpaired) electrons. The zero-order chi connectivity index (χ0) is 15.6. The number of nitrogens with zero attached hydrogens (tertiary/aromatic N) is 2. The highest BCUT2D eigenvalue weighted by molar-refractivity contribution is 5.87. The molecule has 3 rings (SSSR count). The Kier molecular flexibility index (Phi) is 4.68. The van der Waals surface area contributed by atoms with E-state index in [4.69, 9.17) is 9.47 Å². The summed E-state index contributed by atoms with van der Waals surface area (Å²) in [5.41, 5.74) is -0.499. The number of hydrogen-bond acceptors (Lipinski definition) is 5. The van der Waals surface area contributed by atoms with Gasteiger partial charge in [-0.2, -0.15) is 0 Å². The SMILES string of the molecule is CN(CCN1CCOCC1)C(=O)C1CC(=O)OC12CCCC2. The van der Waals surface area contributed by atoms with Gasteiger partial charge in [0.05, 0.1) is 25.6 Å². The van der Waals surface area contributed by atoms with Gasteiger partial charge in [-0.3, -0.25) is 14.5 Å². The molecule has 3 aliphatic rings. The maximum absolute atomic E-state index is 12.8. The smallest absolute Gasteiger partial charge is 0.307 e. The second-order valence-electron chi connectivity index (χ2n) is 6.72. The number of morpholine rings is 1. The lowest BCUT2D eigenvalue weighted by Gasteiger charge is -2.32. The average molecular weight is 310 g/mol. The monoisotopic (exact) mass is 310 g/mol. The lowest BCUT2D eigenvalue weighted by molar-refractivity contribution is -0.151. The van der Waals surface area contributed by atoms with Crippen molar-refractivity contribution in [2.45, 2.75) is 37.7 Å². The molecule has 6 nitrogen and oxygen atoms in total. The Balaban J connectivity index is 1.56. The molecular formula is C16H26N2O4. The molecule has 3 fully saturated rings. The number of likely N-dealkylation sites (N-methyl/N-ethyl adjacent to an activating group) is 1. The van der Waals surface area contributed by atoms with Crippen LogP contribution in [0, 0.1) is 5.92 Å². The first-order valence-electron chi connectivity index (χ1n) is 8.38. The second-order valence-corrected chi connectivity index (χ2v) is 6.72. The van der Waals surface area contributed by atoms with Crippen molar-refractivity contribution in [2.75, 3.05) is 46.4 Å². The molecule has 6 heteroatoms. The van der Waals surface area contributed by atoms with Gasteiger partial charge in [-0.1, -0.05) is 0 Å². The fourth-order valence-electron chi connectivity index (χ4n) is 3.92. The molecule has 0 N–H and O–H groups in total. The van der Waals surface area contributed by atoms with Crippen LogP contribution in [0.15, 0.2) is 0 Å². The molecule has 0 aromatic rings. The number of carbonyl (C=O) groups excluding carboxylic acids is 2. The maximum Gasteiger partial charge on any atom is 0.307 e. The van der Waals surface area contributed by atoms with E-state index in [1.807, 2.05) is 7.05 Å². The predicted molar refractivity (Wildman–Crippen MR) is 80.3 cm³/mol. The van der Waals surface area contributed by atoms with Gasteiger partial charge in [-0.25, -0.2) is 0 Å². The molecule has 1 aliphatic carbocycles. The first-order valence-corrected chi connectivity index (χ1v) is 8.38. The van der Waals surface area contributed by atoms with E-state index >= 15 is 0 Å². The Hall–Kier alpha value is -1.14. The third kappa shape index (κ3) is 3.13. The molecule has 2 heterocycles. The van der Waals surface area contributed by atoms with E-state index in [1.54, 1.807) is 4.90 Å². The summed E-state index contributed by atoms with van der Waals surface area (Å²) in [6.07, 6.45) is 4.03. The number of hydrogen-bond donors (Lipinski definition) is 0. The molecule has 1 atom stereocenters. The van der Waals surface area contributed by atoms with Crippen molar-refractivity contribution in [3.05, 3.63) is 0 Å². The normalized spacial score (nSPS) is 28.0. The number of amides is 1. The second kappa shape index (κ2) is 6.54. The first-order chi connectivity index (χ1) is 10.6. The van der Waals surface area contributed by atoms with E-state index in [2.05, 4.69) is 4.90 Å². The average Bonchev–Trinajstić information content (AvgIpc) is 3.12. The van der Waals surface area contributed by atoms with Gasteiger partial charge in [0.2, 0.25) is 5.91 Å². The Morgan fingerprint density at radius 1 is 1.32 bits per heavy atom. The summed E-state index contributed by atoms with van der Waals surface area (Å²) in [5.74, 6) is -0.417. The third-order valence-corrected chi connectivity index (χ3v) is 5.30. The van der Waals surface area contributed by atoms with Crippen molar-refractivity contribution in [1.82, 2.24) is 9.80 Å². The Morgan fingerprint density at radius 2 is 2.00 bits per heavy atom. The molecule has 1 saturated carbocycles. The quantitative estimate of drug-likeness (QED) is 0.714. The van der Waals surface area contributed by atoms with Crippen molar-refractivity contribution in [3.8, 4) is 0 Å². The molecule has 0 aromatic carbocycles. The highest BCUT2D eigenvalue weighted by Gasteiger charge is 2.54. The van der Waals surface area contributed by atoms with Crippen LogP contribution in [0.1, 0.15) is 32.1 Å². The van der Waals surface area contributed by atoms with E-state index in [0.717, 1.165) is 58.5 Å². The number of rotatable bonds is 4. The van der Waals surface area contributed by atoms with Gasteiger partial charge < -0.3 is 14.4 Å². The highest BCUT2D eigenvalue weighted by Crippen LogP contribution is 2.46. The fourth-order valence-corrected chi connectivity index (χ4v) is 3.92. The van der Waals surface area contributed by atoms with Gasteiger partial charge in [0.25, 0.3) is 0 Å². The zero-order valence-electron chi connectivity index (χ0n) is 13.4. The Bertz CT molecular complexity index is 428. The highest BCUT2D eigenvalue weighted by atomic mass is 16.6. The predicted octanol–water partition coefficient (Wildman–Crippen LogP) is 0.653. The van der Waals surface area contributed by atoms with Crippen LogP contribution in [0.2, 0.25) is 0 Å². The Labute approximate surface area is 131 Å². The first kappa shape index (κ1) is 15.7. The minimum Gasteiger partial charge on any atom is -0.458 e. The van der Waals surface area contributed by atoms with Gasteiger partial charge in [0, 0.05) is 33.2 Å². The van der Waals surface area contributed by atoms with Crippen LogP contribution in [-0.4, -0.2) is 73.7 Å². The van der Waals surface area contributed by atoms with Gasteiger partial charge in [-0.15, -0.1) is 0 Å². The summed E-state index contributed by atoms with van der Waals surface area (Å²) in [6, 6.07) is 0. The van der Waals surface area contributed by atoms with Crippen LogP contribution < -0.4 is 0 Å². The molecule has 1 spiro atoms. The summed E-state index contributed by atoms with van der Waals surface area (Å²) in [4.78, 5) is 28.6. The molecule has 1 amide bonds. The molecule has 0 bridgehead atoms. The number of ether oxygens (including phenoxy) is 2. The van der Waals surface area contributed by atoms with E-state index in [-0.39, 0.29) is 24.2 Å². The van der Waals surface area contributed by atoms with Gasteiger partial charge in [-0.05, 0) is 25.7 Å². The summed E-state index contributed by atoms with van der Waals surface area (Å²) < 4.78 is 10.9. The van der Waals surface area contributed by atoms with Crippen LogP contribution in [0.3, 0.4) is 0 Å². The van der Waals surface area contributed by atoms with E-state index in [0.29, 0.717) is 6.54 Å². The Morgan fingerprint density at radius 3 is 2.68 bits per heavy atom. The molecule has 124 valence electrons. The van der Waals surface area contributed by atoms with E-state index in [1.165, 1.54) is 0 Å². The van der Waals surface area contributed by atoms with E-state index in [9.17, 15) is 9.59 Å². The van der Waals surface area contributed by atoms with Crippen molar-refractivity contribution < 1.29 is 19.1 Å². The van der Waals surface area contributed by atoms with Gasteiger partial charge in [0.1, 0.15) is 5.60 Å². The third-order valence-electron chi connectivity index (χ3n) is 5.30. The summed E-state index contributed by atoms with van der Waals surface area (Å²) in [6.45, 7) is 4.95. The number of carbonyl (C=O) groups is 2. The van der Waals surface area contributed by atoms with E-state index < -0.39 is 5.60 Å². The largest absolute Gasteiger partial charge is 0.458 e. The maximum atomic E-state index is 12.8.